The van der Waals surface area contributed by atoms with Crippen LogP contribution >= 0.6 is 11.3 Å². The van der Waals surface area contributed by atoms with E-state index in [4.69, 9.17) is 14.2 Å². The first-order chi connectivity index (χ1) is 22.6. The van der Waals surface area contributed by atoms with Gasteiger partial charge in [0.25, 0.3) is 5.91 Å². The number of nitrogens with zero attached hydrogens (tertiary/aromatic N) is 3. The number of aromatic nitrogens is 1. The summed E-state index contributed by atoms with van der Waals surface area (Å²) >= 11 is 1.14. The highest BCUT2D eigenvalue weighted by Gasteiger charge is 2.32. The van der Waals surface area contributed by atoms with Crippen molar-refractivity contribution in [2.45, 2.75) is 32.9 Å². The zero-order chi connectivity index (χ0) is 34.0. The van der Waals surface area contributed by atoms with Crippen LogP contribution in [0.1, 0.15) is 49.0 Å². The molecule has 11 nitrogen and oxygen atoms in total. The number of thiazole rings is 1. The van der Waals surface area contributed by atoms with Gasteiger partial charge in [-0.15, -0.1) is 11.3 Å². The second-order valence-corrected chi connectivity index (χ2v) is 13.4. The summed E-state index contributed by atoms with van der Waals surface area (Å²) in [5.41, 5.74) is 2.73. The summed E-state index contributed by atoms with van der Waals surface area (Å²) in [7, 11) is -0.299. The summed E-state index contributed by atoms with van der Waals surface area (Å²) in [6.45, 7) is 2.01. The second kappa shape index (κ2) is 16.2. The van der Waals surface area contributed by atoms with Crippen molar-refractivity contribution in [3.63, 3.8) is 0 Å². The number of hydrogen-bond acceptors (Lipinski definition) is 10. The zero-order valence-corrected chi connectivity index (χ0v) is 28.3. The highest BCUT2D eigenvalue weighted by molar-refractivity contribution is 7.90. The van der Waals surface area contributed by atoms with E-state index in [0.29, 0.717) is 44.9 Å². The van der Waals surface area contributed by atoms with Gasteiger partial charge >= 0.3 is 6.09 Å². The lowest BCUT2D eigenvalue weighted by molar-refractivity contribution is 0.0740. The minimum absolute atomic E-state index is 0.0755. The fourth-order valence-corrected chi connectivity index (χ4v) is 6.98. The molecule has 4 rings (SSSR count). The third-order valence-corrected chi connectivity index (χ3v) is 9.79. The number of aryl methyl sites for hydroxylation is 1. The van der Waals surface area contributed by atoms with Crippen LogP contribution in [0.2, 0.25) is 0 Å². The van der Waals surface area contributed by atoms with Gasteiger partial charge in [0.05, 0.1) is 34.4 Å². The van der Waals surface area contributed by atoms with Crippen molar-refractivity contribution in [3.8, 4) is 11.5 Å². The minimum atomic E-state index is -4.41. The lowest BCUT2D eigenvalue weighted by Crippen LogP contribution is -2.39. The molecule has 0 atom stereocenters. The van der Waals surface area contributed by atoms with Gasteiger partial charge in [-0.1, -0.05) is 60.7 Å². The van der Waals surface area contributed by atoms with Crippen LogP contribution in [0.3, 0.4) is 0 Å². The maximum Gasteiger partial charge on any atom is 0.423 e. The zero-order valence-electron chi connectivity index (χ0n) is 26.7. The Morgan fingerprint density at radius 2 is 1.45 bits per heavy atom. The van der Waals surface area contributed by atoms with Crippen LogP contribution in [-0.4, -0.2) is 74.0 Å². The van der Waals surface area contributed by atoms with E-state index >= 15 is 0 Å². The van der Waals surface area contributed by atoms with E-state index in [1.54, 1.807) is 47.4 Å². The fraction of sp³-hybridized carbons (Fsp3) is 0.294. The SMILES string of the molecule is COC(=O)N(Cc1ccccc1)S(=O)(=O)CC(=O)c1csc(CN(CCCc2ccccc2)C(=O)c2cc(OC)c(C)c(OC)c2)n1. The van der Waals surface area contributed by atoms with E-state index in [-0.39, 0.29) is 24.7 Å². The van der Waals surface area contributed by atoms with Crippen molar-refractivity contribution in [3.05, 3.63) is 111 Å². The number of rotatable bonds is 15. The van der Waals surface area contributed by atoms with Crippen LogP contribution < -0.4 is 9.47 Å². The molecule has 0 unspecified atom stereocenters. The normalized spacial score (nSPS) is 11.1. The number of sulfonamides is 1. The Balaban J connectivity index is 1.53. The van der Waals surface area contributed by atoms with Crippen molar-refractivity contribution < 1.29 is 37.0 Å². The summed E-state index contributed by atoms with van der Waals surface area (Å²) in [4.78, 5) is 45.5. The van der Waals surface area contributed by atoms with Crippen molar-refractivity contribution in [1.82, 2.24) is 14.2 Å². The molecule has 0 saturated heterocycles. The van der Waals surface area contributed by atoms with E-state index in [0.717, 1.165) is 36.0 Å². The molecule has 4 aromatic rings. The van der Waals surface area contributed by atoms with Gasteiger partial charge in [0.2, 0.25) is 10.0 Å². The van der Waals surface area contributed by atoms with Gasteiger partial charge in [-0.05, 0) is 43.0 Å². The molecule has 0 spiro atoms. The Hall–Kier alpha value is -4.75. The van der Waals surface area contributed by atoms with Crippen LogP contribution in [0.15, 0.2) is 78.2 Å². The molecule has 1 heterocycles. The second-order valence-electron chi connectivity index (χ2n) is 10.6. The molecule has 248 valence electrons. The molecule has 0 aliphatic carbocycles. The molecule has 0 saturated carbocycles. The summed E-state index contributed by atoms with van der Waals surface area (Å²) in [5, 5.41) is 1.90. The molecule has 2 amide bonds. The summed E-state index contributed by atoms with van der Waals surface area (Å²) in [6.07, 6.45) is 0.301. The Bertz CT molecular complexity index is 1770. The highest BCUT2D eigenvalue weighted by atomic mass is 32.2. The molecule has 0 bridgehead atoms. The van der Waals surface area contributed by atoms with Gasteiger partial charge in [-0.2, -0.15) is 4.31 Å². The molecule has 13 heteroatoms. The van der Waals surface area contributed by atoms with Crippen LogP contribution in [-0.2, 0) is 34.3 Å². The Kier molecular flexibility index (Phi) is 12.1. The first kappa shape index (κ1) is 35.1. The van der Waals surface area contributed by atoms with Crippen molar-refractivity contribution >= 4 is 39.1 Å². The molecule has 0 aliphatic heterocycles. The Morgan fingerprint density at radius 1 is 0.851 bits per heavy atom. The van der Waals surface area contributed by atoms with E-state index in [1.807, 2.05) is 37.3 Å². The highest BCUT2D eigenvalue weighted by Crippen LogP contribution is 2.30. The standard InChI is InChI=1S/C34H37N3O8S2/c1-24-30(43-2)18-27(19-31(24)44-3)33(39)36(17-11-16-25-12-7-5-8-13-25)21-32-35-28(22-46-32)29(38)23-47(41,42)37(34(40)45-4)20-26-14-9-6-10-15-26/h5-10,12-15,18-19,22H,11,16-17,20-21,23H2,1-4H3. The monoisotopic (exact) mass is 679 g/mol. The summed E-state index contributed by atoms with van der Waals surface area (Å²) in [6, 6.07) is 21.7. The molecular weight excluding hydrogens is 643 g/mol. The third-order valence-electron chi connectivity index (χ3n) is 7.38. The molecule has 1 aromatic heterocycles. The lowest BCUT2D eigenvalue weighted by atomic mass is 10.1. The summed E-state index contributed by atoms with van der Waals surface area (Å²) < 4.78 is 42.6. The predicted octanol–water partition coefficient (Wildman–Crippen LogP) is 5.53. The molecule has 47 heavy (non-hydrogen) atoms. The number of hydrogen-bond donors (Lipinski definition) is 0. The topological polar surface area (TPSA) is 132 Å². The Morgan fingerprint density at radius 3 is 2.02 bits per heavy atom. The van der Waals surface area contributed by atoms with Gasteiger partial charge in [0.15, 0.2) is 5.78 Å². The first-order valence-corrected chi connectivity index (χ1v) is 17.2. The van der Waals surface area contributed by atoms with Crippen LogP contribution in [0, 0.1) is 6.92 Å². The van der Waals surface area contributed by atoms with Crippen LogP contribution in [0.5, 0.6) is 11.5 Å². The largest absolute Gasteiger partial charge is 0.496 e. The van der Waals surface area contributed by atoms with Gasteiger partial charge in [0, 0.05) is 23.1 Å². The number of ether oxygens (including phenoxy) is 3. The molecule has 0 fully saturated rings. The van der Waals surface area contributed by atoms with Crippen LogP contribution in [0.25, 0.3) is 0 Å². The van der Waals surface area contributed by atoms with Gasteiger partial charge < -0.3 is 19.1 Å². The third kappa shape index (κ3) is 9.17. The lowest BCUT2D eigenvalue weighted by Gasteiger charge is -2.23. The maximum absolute atomic E-state index is 13.9. The van der Waals surface area contributed by atoms with Crippen molar-refractivity contribution in [1.29, 1.82) is 0 Å². The number of amides is 2. The van der Waals surface area contributed by atoms with E-state index in [1.165, 1.54) is 19.6 Å². The molecule has 0 aliphatic rings. The van der Waals surface area contributed by atoms with Crippen molar-refractivity contribution in [2.24, 2.45) is 0 Å². The number of Topliss-reactive ketones (excluding diaryl/α,β-unsaturated/α-hetero) is 1. The molecule has 3 aromatic carbocycles. The van der Waals surface area contributed by atoms with Gasteiger partial charge in [0.1, 0.15) is 28.0 Å². The summed E-state index contributed by atoms with van der Waals surface area (Å²) in [5.74, 6) is -1.04. The van der Waals surface area contributed by atoms with E-state index in [2.05, 4.69) is 4.98 Å². The number of methoxy groups -OCH3 is 3. The quantitative estimate of drug-likeness (QED) is 0.149. The van der Waals surface area contributed by atoms with Gasteiger partial charge in [-0.25, -0.2) is 18.2 Å². The van der Waals surface area contributed by atoms with Gasteiger partial charge in [-0.3, -0.25) is 9.59 Å². The average Bonchev–Trinajstić information content (AvgIpc) is 3.56. The molecular formula is C34H37N3O8S2. The molecule has 0 N–H and O–H groups in total. The molecule has 0 radical (unpaired) electrons. The van der Waals surface area contributed by atoms with Crippen molar-refractivity contribution in [2.75, 3.05) is 33.6 Å². The number of ketones is 1. The van der Waals surface area contributed by atoms with E-state index in [9.17, 15) is 22.8 Å². The smallest absolute Gasteiger partial charge is 0.423 e. The first-order valence-electron chi connectivity index (χ1n) is 14.7. The number of carbonyl (C=O) groups is 3. The fourth-order valence-electron chi connectivity index (χ4n) is 4.88. The Labute approximate surface area is 278 Å². The maximum atomic E-state index is 13.9. The predicted molar refractivity (Wildman–Crippen MR) is 178 cm³/mol. The number of carbonyl (C=O) groups excluding carboxylic acids is 3. The average molecular weight is 680 g/mol. The minimum Gasteiger partial charge on any atom is -0.496 e. The van der Waals surface area contributed by atoms with Crippen LogP contribution in [0.4, 0.5) is 4.79 Å². The number of benzene rings is 3. The van der Waals surface area contributed by atoms with E-state index < -0.39 is 27.7 Å².